The van der Waals surface area contributed by atoms with Gasteiger partial charge in [0.05, 0.1) is 41.9 Å². The number of nitrogens with two attached hydrogens (primary N) is 1. The number of likely N-dealkylation sites (tertiary alicyclic amines) is 1. The Labute approximate surface area is 330 Å². The van der Waals surface area contributed by atoms with Crippen LogP contribution in [0.4, 0.5) is 30.4 Å². The molecule has 3 aromatic carbocycles. The topological polar surface area (TPSA) is 198 Å². The van der Waals surface area contributed by atoms with Crippen molar-refractivity contribution in [2.45, 2.75) is 70.3 Å². The van der Waals surface area contributed by atoms with E-state index in [0.717, 1.165) is 17.0 Å². The van der Waals surface area contributed by atoms with Crippen molar-refractivity contribution in [2.24, 2.45) is 0 Å². The lowest BCUT2D eigenvalue weighted by Gasteiger charge is -2.27. The van der Waals surface area contributed by atoms with Crippen molar-refractivity contribution in [3.8, 4) is 11.5 Å². The van der Waals surface area contributed by atoms with Crippen molar-refractivity contribution in [1.29, 1.82) is 0 Å². The molecule has 0 spiro atoms. The van der Waals surface area contributed by atoms with Crippen molar-refractivity contribution < 1.29 is 46.6 Å². The van der Waals surface area contributed by atoms with E-state index in [-0.39, 0.29) is 48.1 Å². The van der Waals surface area contributed by atoms with Crippen LogP contribution in [0.15, 0.2) is 48.5 Å². The lowest BCUT2D eigenvalue weighted by molar-refractivity contribution is -0.138. The fraction of sp³-hybridized carbons (Fsp3) is 0.375. The number of anilines is 3. The summed E-state index contributed by atoms with van der Waals surface area (Å²) in [5, 5.41) is 9.11. The third-order valence-electron chi connectivity index (χ3n) is 10.4. The molecule has 5 N–H and O–H groups in total. The lowest BCUT2D eigenvalue weighted by Crippen LogP contribution is -2.54. The van der Waals surface area contributed by atoms with Gasteiger partial charge < -0.3 is 30.7 Å². The van der Waals surface area contributed by atoms with Crippen LogP contribution in [-0.4, -0.2) is 88.2 Å². The van der Waals surface area contributed by atoms with Crippen LogP contribution < -0.4 is 31.2 Å². The summed E-state index contributed by atoms with van der Waals surface area (Å²) >= 11 is 0. The van der Waals surface area contributed by atoms with Gasteiger partial charge in [-0.05, 0) is 68.7 Å². The van der Waals surface area contributed by atoms with Crippen molar-refractivity contribution >= 4 is 57.6 Å². The number of carbonyl (C=O) groups is 5. The summed E-state index contributed by atoms with van der Waals surface area (Å²) in [6.07, 6.45) is -3.70. The first kappa shape index (κ1) is 39.8. The summed E-state index contributed by atoms with van der Waals surface area (Å²) in [6.45, 7) is 4.50. The number of piperidine rings is 1. The second-order valence-electron chi connectivity index (χ2n) is 14.5. The molecule has 4 aromatic rings. The van der Waals surface area contributed by atoms with Crippen molar-refractivity contribution in [3.05, 3.63) is 76.6 Å². The molecule has 18 heteroatoms. The van der Waals surface area contributed by atoms with Gasteiger partial charge in [0, 0.05) is 55.2 Å². The van der Waals surface area contributed by atoms with E-state index in [4.69, 9.17) is 15.2 Å². The zero-order chi connectivity index (χ0) is 41.5. The number of carbonyl (C=O) groups excluding carboxylic acids is 5. The highest BCUT2D eigenvalue weighted by Crippen LogP contribution is 2.38. The summed E-state index contributed by atoms with van der Waals surface area (Å²) in [5.41, 5.74) is 6.51. The van der Waals surface area contributed by atoms with Gasteiger partial charge in [0.25, 0.3) is 11.8 Å². The first-order valence-corrected chi connectivity index (χ1v) is 18.7. The molecule has 0 bridgehead atoms. The predicted octanol–water partition coefficient (Wildman–Crippen LogP) is 4.99. The normalized spacial score (nSPS) is 18.7. The lowest BCUT2D eigenvalue weighted by atomic mass is 10.0. The largest absolute Gasteiger partial charge is 0.493 e. The Kier molecular flexibility index (Phi) is 10.8. The molecule has 7 rings (SSSR count). The molecule has 0 aliphatic carbocycles. The van der Waals surface area contributed by atoms with E-state index in [0.29, 0.717) is 77.8 Å². The highest BCUT2D eigenvalue weighted by Gasteiger charge is 2.45. The fourth-order valence-electron chi connectivity index (χ4n) is 7.51. The van der Waals surface area contributed by atoms with Gasteiger partial charge in [0.15, 0.2) is 11.5 Å². The Morgan fingerprint density at radius 3 is 2.59 bits per heavy atom. The van der Waals surface area contributed by atoms with Gasteiger partial charge in [-0.1, -0.05) is 6.07 Å². The van der Waals surface area contributed by atoms with Gasteiger partial charge in [-0.2, -0.15) is 13.2 Å². The van der Waals surface area contributed by atoms with Crippen LogP contribution in [0.25, 0.3) is 10.9 Å². The number of imide groups is 2. The number of aromatic nitrogens is 2. The average molecular weight is 803 g/mol. The van der Waals surface area contributed by atoms with E-state index in [1.807, 2.05) is 0 Å². The zero-order valence-electron chi connectivity index (χ0n) is 31.9. The van der Waals surface area contributed by atoms with E-state index in [2.05, 4.69) is 25.9 Å². The van der Waals surface area contributed by atoms with Gasteiger partial charge >= 0.3 is 6.18 Å². The number of nitrogens with one attached hydrogen (secondary N) is 3. The van der Waals surface area contributed by atoms with E-state index < -0.39 is 47.5 Å². The Bertz CT molecular complexity index is 2340. The Balaban J connectivity index is 0.968. The monoisotopic (exact) mass is 802 g/mol. The maximum atomic E-state index is 13.5. The number of ether oxygens (including phenoxy) is 2. The first-order chi connectivity index (χ1) is 27.6. The maximum Gasteiger partial charge on any atom is 0.416 e. The van der Waals surface area contributed by atoms with E-state index in [1.54, 1.807) is 43.0 Å². The molecule has 0 saturated carbocycles. The number of amides is 5. The molecule has 4 heterocycles. The van der Waals surface area contributed by atoms with Gasteiger partial charge in [-0.15, -0.1) is 0 Å². The Morgan fingerprint density at radius 1 is 1.05 bits per heavy atom. The molecule has 3 aliphatic rings. The molecule has 15 nitrogen and oxygen atoms in total. The number of methoxy groups -OCH3 is 1. The van der Waals surface area contributed by atoms with Gasteiger partial charge in [0.2, 0.25) is 17.7 Å². The molecule has 3 aliphatic heterocycles. The summed E-state index contributed by atoms with van der Waals surface area (Å²) in [7, 11) is 1.49. The fourth-order valence-corrected chi connectivity index (χ4v) is 7.51. The van der Waals surface area contributed by atoms with E-state index in [9.17, 15) is 37.1 Å². The number of halogens is 3. The number of nitrogens with zero attached hydrogens (tertiary/aromatic N) is 4. The quantitative estimate of drug-likeness (QED) is 0.0852. The zero-order valence-corrected chi connectivity index (χ0v) is 31.9. The van der Waals surface area contributed by atoms with Crippen LogP contribution in [-0.2, 0) is 20.6 Å². The number of nitrogen functional groups attached to an aromatic ring is 1. The number of fused-ring (bicyclic) bond motifs is 2. The minimum Gasteiger partial charge on any atom is -0.493 e. The number of hydrogen-bond donors (Lipinski definition) is 4. The SMILES string of the molecule is COc1cc2nc(C)nc(N[C@H](C)c3cc(N)cc(C(F)(F)F)c3)c2cc1O[C@H]1CCN(C(=O)CCCNc2cccc3c2C(=O)N(C2CCC(=O)NC2=O)C3=O)C1. The smallest absolute Gasteiger partial charge is 0.416 e. The molecule has 2 saturated heterocycles. The van der Waals surface area contributed by atoms with Crippen molar-refractivity contribution in [2.75, 3.05) is 43.1 Å². The van der Waals surface area contributed by atoms with Crippen LogP contribution in [0.5, 0.6) is 11.5 Å². The van der Waals surface area contributed by atoms with Gasteiger partial charge in [-0.25, -0.2) is 9.97 Å². The highest BCUT2D eigenvalue weighted by atomic mass is 19.4. The molecular formula is C40H41F3N8O7. The first-order valence-electron chi connectivity index (χ1n) is 18.7. The average Bonchev–Trinajstić information content (AvgIpc) is 3.74. The van der Waals surface area contributed by atoms with Gasteiger partial charge in [0.1, 0.15) is 23.8 Å². The van der Waals surface area contributed by atoms with Crippen LogP contribution in [0.3, 0.4) is 0 Å². The molecule has 304 valence electrons. The predicted molar refractivity (Wildman–Crippen MR) is 205 cm³/mol. The second-order valence-corrected chi connectivity index (χ2v) is 14.5. The number of aryl methyl sites for hydroxylation is 1. The molecule has 58 heavy (non-hydrogen) atoms. The number of rotatable bonds is 12. The van der Waals surface area contributed by atoms with Crippen LogP contribution in [0.1, 0.15) is 82.7 Å². The molecule has 5 amide bonds. The Morgan fingerprint density at radius 2 is 1.84 bits per heavy atom. The highest BCUT2D eigenvalue weighted by molar-refractivity contribution is 6.25. The summed E-state index contributed by atoms with van der Waals surface area (Å²) < 4.78 is 52.6. The number of benzene rings is 3. The van der Waals surface area contributed by atoms with Crippen LogP contribution in [0, 0.1) is 6.92 Å². The van der Waals surface area contributed by atoms with Crippen molar-refractivity contribution in [3.63, 3.8) is 0 Å². The second kappa shape index (κ2) is 15.8. The standard InChI is InChI=1S/C40H41F3N8O7/c1-20(22-14-23(40(41,42)43)16-24(44)15-22)46-36-27-17-32(31(57-3)18-29(27)47-21(2)48-36)58-25-11-13-50(19-25)34(53)8-5-12-45-28-7-4-6-26-35(28)39(56)51(38(26)55)30-9-10-33(52)49-37(30)54/h4,6-7,14-18,20,25,30,45H,5,8-13,19,44H2,1-3H3,(H,46,47,48)(H,49,52,54)/t20-,25+,30?/m1/s1. The maximum absolute atomic E-state index is 13.5. The van der Waals surface area contributed by atoms with Crippen LogP contribution >= 0.6 is 0 Å². The molecule has 2 fully saturated rings. The minimum atomic E-state index is -4.57. The molecule has 3 atom stereocenters. The van der Waals surface area contributed by atoms with Crippen LogP contribution in [0.2, 0.25) is 0 Å². The summed E-state index contributed by atoms with van der Waals surface area (Å²) in [4.78, 5) is 75.5. The van der Waals surface area contributed by atoms with Gasteiger partial charge in [-0.3, -0.25) is 34.2 Å². The number of alkyl halides is 3. The van der Waals surface area contributed by atoms with E-state index >= 15 is 0 Å². The summed E-state index contributed by atoms with van der Waals surface area (Å²) in [6, 6.07) is 9.93. The molecule has 1 unspecified atom stereocenters. The number of hydrogen-bond acceptors (Lipinski definition) is 12. The summed E-state index contributed by atoms with van der Waals surface area (Å²) in [5.74, 6) is -0.873. The molecular weight excluding hydrogens is 761 g/mol. The third kappa shape index (κ3) is 8.03. The van der Waals surface area contributed by atoms with E-state index in [1.165, 1.54) is 19.2 Å². The molecule has 1 aromatic heterocycles. The Hall–Kier alpha value is -6.46. The molecule has 0 radical (unpaired) electrons. The van der Waals surface area contributed by atoms with Crippen molar-refractivity contribution in [1.82, 2.24) is 25.1 Å². The third-order valence-corrected chi connectivity index (χ3v) is 10.4. The minimum absolute atomic E-state index is 0.0172.